The molecule has 6 rings (SSSR count). The van der Waals surface area contributed by atoms with Crippen LogP contribution in [0.3, 0.4) is 0 Å². The normalized spacial score (nSPS) is 28.1. The van der Waals surface area contributed by atoms with E-state index < -0.39 is 0 Å². The lowest BCUT2D eigenvalue weighted by molar-refractivity contribution is -0.188. The summed E-state index contributed by atoms with van der Waals surface area (Å²) in [6, 6.07) is 8.29. The highest BCUT2D eigenvalue weighted by Gasteiger charge is 2.69. The van der Waals surface area contributed by atoms with Crippen molar-refractivity contribution < 1.29 is 13.9 Å². The molecule has 0 radical (unpaired) electrons. The summed E-state index contributed by atoms with van der Waals surface area (Å²) in [4.78, 5) is 21.3. The fourth-order valence-corrected chi connectivity index (χ4v) is 7.53. The predicted molar refractivity (Wildman–Crippen MR) is 147 cm³/mol. The number of carbonyl (C=O) groups is 1. The molecule has 5 atom stereocenters. The number of methoxy groups -OCH3 is 1. The average molecular weight is 577 g/mol. The number of rotatable bonds is 5. The molecule has 2 aliphatic carbocycles. The average Bonchev–Trinajstić information content (AvgIpc) is 3.36. The van der Waals surface area contributed by atoms with Gasteiger partial charge in [0.25, 0.3) is 0 Å². The van der Waals surface area contributed by atoms with Crippen molar-refractivity contribution in [2.45, 2.75) is 76.2 Å². The van der Waals surface area contributed by atoms with Gasteiger partial charge in [-0.1, -0.05) is 12.1 Å². The first-order valence-electron chi connectivity index (χ1n) is 12.6. The molecule has 4 unspecified atom stereocenters. The minimum absolute atomic E-state index is 0. The minimum atomic E-state index is -0.278. The van der Waals surface area contributed by atoms with E-state index in [-0.39, 0.29) is 55.2 Å². The Labute approximate surface area is 236 Å². The van der Waals surface area contributed by atoms with Crippen LogP contribution in [-0.2, 0) is 17.7 Å². The summed E-state index contributed by atoms with van der Waals surface area (Å²) in [6.07, 6.45) is 6.36. The van der Waals surface area contributed by atoms with Gasteiger partial charge in [0.2, 0.25) is 0 Å². The molecule has 1 amide bonds. The van der Waals surface area contributed by atoms with E-state index in [4.69, 9.17) is 15.5 Å². The number of piperidine rings is 1. The van der Waals surface area contributed by atoms with Crippen molar-refractivity contribution in [1.29, 1.82) is 0 Å². The zero-order valence-corrected chi connectivity index (χ0v) is 23.7. The molecule has 7 nitrogen and oxygen atoms in total. The van der Waals surface area contributed by atoms with Gasteiger partial charge in [-0.15, -0.1) is 37.2 Å². The number of hydrogen-bond donors (Lipinski definition) is 1. The summed E-state index contributed by atoms with van der Waals surface area (Å²) in [5.74, 6) is 0.845. The van der Waals surface area contributed by atoms with Gasteiger partial charge in [0, 0.05) is 54.8 Å². The maximum absolute atomic E-state index is 13.6. The lowest BCUT2D eigenvalue weighted by Crippen LogP contribution is -2.74. The lowest BCUT2D eigenvalue weighted by Gasteiger charge is -2.68. The molecule has 1 saturated heterocycles. The number of ether oxygens (including phenoxy) is 1. The Morgan fingerprint density at radius 3 is 2.76 bits per heavy atom. The third kappa shape index (κ3) is 4.73. The van der Waals surface area contributed by atoms with Crippen molar-refractivity contribution in [3.8, 4) is 0 Å². The fourth-order valence-electron chi connectivity index (χ4n) is 7.53. The second-order valence-electron chi connectivity index (χ2n) is 10.6. The van der Waals surface area contributed by atoms with Gasteiger partial charge in [-0.2, -0.15) is 0 Å². The van der Waals surface area contributed by atoms with E-state index in [2.05, 4.69) is 16.4 Å². The molecular weight excluding hydrogens is 540 g/mol. The van der Waals surface area contributed by atoms with E-state index >= 15 is 0 Å². The van der Waals surface area contributed by atoms with Crippen LogP contribution in [0.4, 0.5) is 9.18 Å². The van der Waals surface area contributed by atoms with Crippen LogP contribution >= 0.6 is 37.2 Å². The predicted octanol–water partition coefficient (Wildman–Crippen LogP) is 4.98. The van der Waals surface area contributed by atoms with Crippen molar-refractivity contribution in [2.24, 2.45) is 11.1 Å². The van der Waals surface area contributed by atoms with Crippen LogP contribution in [0.15, 0.2) is 24.3 Å². The van der Waals surface area contributed by atoms with Crippen LogP contribution < -0.4 is 5.73 Å². The Kier molecular flexibility index (Phi) is 9.12. The van der Waals surface area contributed by atoms with Crippen molar-refractivity contribution in [1.82, 2.24) is 19.4 Å². The van der Waals surface area contributed by atoms with E-state index in [1.807, 2.05) is 6.07 Å². The van der Waals surface area contributed by atoms with Crippen molar-refractivity contribution in [2.75, 3.05) is 20.2 Å². The van der Waals surface area contributed by atoms with Crippen LogP contribution in [0.25, 0.3) is 0 Å². The summed E-state index contributed by atoms with van der Waals surface area (Å²) in [5.41, 5.74) is 10.1. The van der Waals surface area contributed by atoms with E-state index in [0.29, 0.717) is 36.6 Å². The van der Waals surface area contributed by atoms with Crippen LogP contribution in [0, 0.1) is 18.2 Å². The molecule has 3 fully saturated rings. The number of amides is 1. The molecule has 2 saturated carbocycles. The molecule has 1 aromatic carbocycles. The van der Waals surface area contributed by atoms with Crippen molar-refractivity contribution >= 4 is 43.3 Å². The highest BCUT2D eigenvalue weighted by Crippen LogP contribution is 2.67. The highest BCUT2D eigenvalue weighted by atomic mass is 35.5. The Bertz CT molecular complexity index is 1130. The molecule has 1 spiro atoms. The third-order valence-corrected chi connectivity index (χ3v) is 9.12. The van der Waals surface area contributed by atoms with Crippen LogP contribution in [-0.4, -0.2) is 57.7 Å². The number of likely N-dealkylation sites (tertiary alicyclic amines) is 1. The quantitative estimate of drug-likeness (QED) is 0.543. The molecule has 206 valence electrons. The second-order valence-corrected chi connectivity index (χ2v) is 10.6. The summed E-state index contributed by atoms with van der Waals surface area (Å²) in [7, 11) is 1.43. The molecule has 2 aliphatic heterocycles. The molecule has 2 aromatic rings. The number of hydrogen-bond acceptors (Lipinski definition) is 5. The number of nitrogens with two attached hydrogens (primary N) is 1. The molecule has 3 heterocycles. The summed E-state index contributed by atoms with van der Waals surface area (Å²) < 4.78 is 21.0. The molecule has 11 heteroatoms. The molecule has 0 bridgehead atoms. The number of fused-ring (bicyclic) bond motifs is 1. The van der Waals surface area contributed by atoms with Gasteiger partial charge in [0.05, 0.1) is 19.3 Å². The maximum atomic E-state index is 13.6. The van der Waals surface area contributed by atoms with E-state index in [0.717, 1.165) is 42.9 Å². The smallest absolute Gasteiger partial charge is 0.409 e. The zero-order valence-electron chi connectivity index (χ0n) is 21.3. The number of imidazole rings is 1. The van der Waals surface area contributed by atoms with Gasteiger partial charge in [-0.25, -0.2) is 14.2 Å². The molecule has 2 N–H and O–H groups in total. The minimum Gasteiger partial charge on any atom is -0.453 e. The standard InChI is InChI=1S/C26H34FN5O2.3ClH/c1-16-29-21-15-30(25(33)34-2)10-8-22(21)32(16)19-13-24-26(14-19)9-6-23(26)31(24)11-7-20(28)17-4-3-5-18(27)12-17;;;/h3-5,12,19-20,23-24H,6-11,13-15,28H2,1-2H3;3*1H/t19?,20-,23?,24?,26?;;;/m0.../s1. The summed E-state index contributed by atoms with van der Waals surface area (Å²) in [5, 5.41) is 0. The van der Waals surface area contributed by atoms with Crippen molar-refractivity contribution in [3.05, 3.63) is 52.9 Å². The zero-order chi connectivity index (χ0) is 23.6. The second kappa shape index (κ2) is 11.3. The molecule has 4 aliphatic rings. The van der Waals surface area contributed by atoms with Gasteiger partial charge in [-0.05, 0) is 56.7 Å². The molecular formula is C26H37Cl3FN5O2. The Morgan fingerprint density at radius 2 is 2.08 bits per heavy atom. The highest BCUT2D eigenvalue weighted by molar-refractivity contribution is 5.86. The van der Waals surface area contributed by atoms with Crippen LogP contribution in [0.1, 0.15) is 67.0 Å². The molecule has 37 heavy (non-hydrogen) atoms. The topological polar surface area (TPSA) is 76.6 Å². The van der Waals surface area contributed by atoms with Crippen LogP contribution in [0.5, 0.6) is 0 Å². The molecule has 1 aromatic heterocycles. The van der Waals surface area contributed by atoms with Gasteiger partial charge in [-0.3, -0.25) is 4.90 Å². The van der Waals surface area contributed by atoms with Crippen LogP contribution in [0.2, 0.25) is 0 Å². The van der Waals surface area contributed by atoms with E-state index in [1.165, 1.54) is 38.1 Å². The van der Waals surface area contributed by atoms with Crippen molar-refractivity contribution in [3.63, 3.8) is 0 Å². The SMILES string of the molecule is COC(=O)N1CCc2c(nc(C)n2C2CC3N(CC[C@H](N)c4cccc(F)c4)C4CCC43C2)C1.Cl.Cl.Cl. The van der Waals surface area contributed by atoms with Gasteiger partial charge in [0.1, 0.15) is 11.6 Å². The number of benzene rings is 1. The number of nitrogens with zero attached hydrogens (tertiary/aromatic N) is 4. The largest absolute Gasteiger partial charge is 0.453 e. The maximum Gasteiger partial charge on any atom is 0.409 e. The van der Waals surface area contributed by atoms with E-state index in [9.17, 15) is 9.18 Å². The first-order valence-corrected chi connectivity index (χ1v) is 12.6. The summed E-state index contributed by atoms with van der Waals surface area (Å²) >= 11 is 0. The first kappa shape index (κ1) is 30.0. The van der Waals surface area contributed by atoms with Gasteiger partial charge >= 0.3 is 6.09 Å². The van der Waals surface area contributed by atoms with Gasteiger partial charge in [0.15, 0.2) is 0 Å². The number of carbonyl (C=O) groups excluding carboxylic acids is 1. The lowest BCUT2D eigenvalue weighted by atomic mass is 9.53. The monoisotopic (exact) mass is 575 g/mol. The Morgan fingerprint density at radius 1 is 1.30 bits per heavy atom. The first-order chi connectivity index (χ1) is 16.4. The number of aryl methyl sites for hydroxylation is 1. The Hall–Kier alpha value is -1.58. The van der Waals surface area contributed by atoms with Gasteiger partial charge < -0.3 is 19.9 Å². The number of halogens is 4. The number of aromatic nitrogens is 2. The summed E-state index contributed by atoms with van der Waals surface area (Å²) in [6.45, 7) is 4.28. The van der Waals surface area contributed by atoms with E-state index in [1.54, 1.807) is 17.0 Å². The Balaban J connectivity index is 0.00000127. The third-order valence-electron chi connectivity index (χ3n) is 9.12. The fraction of sp³-hybridized carbons (Fsp3) is 0.615.